The van der Waals surface area contributed by atoms with Crippen molar-refractivity contribution < 1.29 is 9.53 Å². The molecule has 1 N–H and O–H groups in total. The molecule has 0 saturated carbocycles. The lowest BCUT2D eigenvalue weighted by Crippen LogP contribution is -2.31. The summed E-state index contributed by atoms with van der Waals surface area (Å²) in [5.41, 5.74) is 2.91. The number of carbonyl (C=O) groups excluding carboxylic acids is 1. The zero-order valence-corrected chi connectivity index (χ0v) is 14.2. The SMILES string of the molecule is COCCNC(=O)c1nn(CCC(C)C)c2c1CN(C)CC2. The third kappa shape index (κ3) is 4.08. The Bertz CT molecular complexity index is 510. The van der Waals surface area contributed by atoms with E-state index in [1.807, 2.05) is 4.68 Å². The van der Waals surface area contributed by atoms with E-state index in [-0.39, 0.29) is 5.91 Å². The first-order valence-electron chi connectivity index (χ1n) is 8.07. The topological polar surface area (TPSA) is 59.4 Å². The Balaban J connectivity index is 2.19. The summed E-state index contributed by atoms with van der Waals surface area (Å²) in [4.78, 5) is 14.6. The standard InChI is InChI=1S/C16H28N4O2/c1-12(2)5-9-20-14-6-8-19(3)11-13(14)15(18-20)16(21)17-7-10-22-4/h12H,5-11H2,1-4H3,(H,17,21). The van der Waals surface area contributed by atoms with Gasteiger partial charge in [-0.1, -0.05) is 13.8 Å². The highest BCUT2D eigenvalue weighted by Gasteiger charge is 2.26. The maximum absolute atomic E-state index is 12.4. The Labute approximate surface area is 132 Å². The number of carbonyl (C=O) groups is 1. The first-order valence-corrected chi connectivity index (χ1v) is 8.07. The Morgan fingerprint density at radius 1 is 1.45 bits per heavy atom. The molecule has 22 heavy (non-hydrogen) atoms. The van der Waals surface area contributed by atoms with Gasteiger partial charge in [0.05, 0.1) is 6.61 Å². The zero-order valence-electron chi connectivity index (χ0n) is 14.2. The average molecular weight is 308 g/mol. The molecule has 1 amide bonds. The van der Waals surface area contributed by atoms with Gasteiger partial charge in [-0.2, -0.15) is 5.10 Å². The van der Waals surface area contributed by atoms with Crippen LogP contribution in [0.5, 0.6) is 0 Å². The van der Waals surface area contributed by atoms with Crippen molar-refractivity contribution in [1.29, 1.82) is 0 Å². The molecule has 1 aromatic rings. The van der Waals surface area contributed by atoms with Crippen LogP contribution in [0.3, 0.4) is 0 Å². The van der Waals surface area contributed by atoms with Gasteiger partial charge in [-0.3, -0.25) is 9.48 Å². The van der Waals surface area contributed by atoms with Gasteiger partial charge in [0.25, 0.3) is 5.91 Å². The molecule has 124 valence electrons. The molecule has 0 bridgehead atoms. The maximum atomic E-state index is 12.4. The lowest BCUT2D eigenvalue weighted by atomic mass is 10.0. The number of aromatic nitrogens is 2. The van der Waals surface area contributed by atoms with Crippen molar-refractivity contribution in [1.82, 2.24) is 20.0 Å². The summed E-state index contributed by atoms with van der Waals surface area (Å²) in [6, 6.07) is 0. The van der Waals surface area contributed by atoms with Crippen molar-refractivity contribution in [2.24, 2.45) is 5.92 Å². The van der Waals surface area contributed by atoms with Gasteiger partial charge >= 0.3 is 0 Å². The second-order valence-corrected chi connectivity index (χ2v) is 6.42. The second-order valence-electron chi connectivity index (χ2n) is 6.42. The van der Waals surface area contributed by atoms with Gasteiger partial charge in [0.15, 0.2) is 5.69 Å². The molecule has 6 heteroatoms. The van der Waals surface area contributed by atoms with Gasteiger partial charge in [0.2, 0.25) is 0 Å². The molecule has 1 aliphatic heterocycles. The molecule has 0 unspecified atom stereocenters. The number of hydrogen-bond acceptors (Lipinski definition) is 4. The van der Waals surface area contributed by atoms with E-state index >= 15 is 0 Å². The van der Waals surface area contributed by atoms with E-state index in [1.165, 1.54) is 5.69 Å². The number of nitrogens with zero attached hydrogens (tertiary/aromatic N) is 3. The number of likely N-dealkylation sites (N-methyl/N-ethyl adjacent to an activating group) is 1. The highest BCUT2D eigenvalue weighted by Crippen LogP contribution is 2.22. The summed E-state index contributed by atoms with van der Waals surface area (Å²) in [6.07, 6.45) is 2.04. The van der Waals surface area contributed by atoms with Crippen molar-refractivity contribution in [3.63, 3.8) is 0 Å². The summed E-state index contributed by atoms with van der Waals surface area (Å²) in [7, 11) is 3.71. The number of methoxy groups -OCH3 is 1. The molecular weight excluding hydrogens is 280 g/mol. The molecule has 0 radical (unpaired) electrons. The molecule has 2 heterocycles. The van der Waals surface area contributed by atoms with Crippen molar-refractivity contribution in [2.75, 3.05) is 33.9 Å². The van der Waals surface area contributed by atoms with Crippen molar-refractivity contribution in [3.8, 4) is 0 Å². The van der Waals surface area contributed by atoms with E-state index < -0.39 is 0 Å². The molecule has 0 spiro atoms. The average Bonchev–Trinajstić information content (AvgIpc) is 2.83. The van der Waals surface area contributed by atoms with Crippen LogP contribution in [-0.4, -0.2) is 54.4 Å². The number of hydrogen-bond donors (Lipinski definition) is 1. The lowest BCUT2D eigenvalue weighted by Gasteiger charge is -2.23. The van der Waals surface area contributed by atoms with E-state index in [4.69, 9.17) is 4.74 Å². The van der Waals surface area contributed by atoms with Gasteiger partial charge in [-0.25, -0.2) is 0 Å². The minimum Gasteiger partial charge on any atom is -0.383 e. The Hall–Kier alpha value is -1.40. The van der Waals surface area contributed by atoms with Crippen LogP contribution in [-0.2, 0) is 24.2 Å². The fourth-order valence-electron chi connectivity index (χ4n) is 2.72. The Kier molecular flexibility index (Phi) is 5.97. The van der Waals surface area contributed by atoms with Crippen LogP contribution >= 0.6 is 0 Å². The maximum Gasteiger partial charge on any atom is 0.272 e. The largest absolute Gasteiger partial charge is 0.383 e. The van der Waals surface area contributed by atoms with Crippen molar-refractivity contribution in [3.05, 3.63) is 17.0 Å². The Morgan fingerprint density at radius 3 is 2.91 bits per heavy atom. The third-order valence-electron chi connectivity index (χ3n) is 4.05. The smallest absolute Gasteiger partial charge is 0.272 e. The van der Waals surface area contributed by atoms with Crippen molar-refractivity contribution >= 4 is 5.91 Å². The molecule has 1 aromatic heterocycles. The number of amides is 1. The van der Waals surface area contributed by atoms with Crippen LogP contribution < -0.4 is 5.32 Å². The first kappa shape index (κ1) is 17.0. The molecule has 0 atom stereocenters. The van der Waals surface area contributed by atoms with Gasteiger partial charge in [0.1, 0.15) is 0 Å². The summed E-state index contributed by atoms with van der Waals surface area (Å²) >= 11 is 0. The van der Waals surface area contributed by atoms with Crippen LogP contribution in [0.15, 0.2) is 0 Å². The van der Waals surface area contributed by atoms with Crippen LogP contribution in [0.25, 0.3) is 0 Å². The molecule has 0 aromatic carbocycles. The van der Waals surface area contributed by atoms with E-state index in [2.05, 4.69) is 36.2 Å². The van der Waals surface area contributed by atoms with Crippen LogP contribution in [0.4, 0.5) is 0 Å². The fourth-order valence-corrected chi connectivity index (χ4v) is 2.72. The van der Waals surface area contributed by atoms with Crippen LogP contribution in [0.1, 0.15) is 42.0 Å². The number of fused-ring (bicyclic) bond motifs is 1. The first-order chi connectivity index (χ1) is 10.5. The summed E-state index contributed by atoms with van der Waals surface area (Å²) in [6.45, 7) is 8.15. The Morgan fingerprint density at radius 2 is 2.23 bits per heavy atom. The fraction of sp³-hybridized carbons (Fsp3) is 0.750. The van der Waals surface area contributed by atoms with Gasteiger partial charge in [-0.05, 0) is 19.4 Å². The summed E-state index contributed by atoms with van der Waals surface area (Å²) in [5.74, 6) is 0.539. The van der Waals surface area contributed by atoms with Crippen LogP contribution in [0.2, 0.25) is 0 Å². The number of rotatable bonds is 7. The lowest BCUT2D eigenvalue weighted by molar-refractivity contribution is 0.0929. The third-order valence-corrected chi connectivity index (χ3v) is 4.05. The molecule has 0 aliphatic carbocycles. The summed E-state index contributed by atoms with van der Waals surface area (Å²) < 4.78 is 7.03. The highest BCUT2D eigenvalue weighted by atomic mass is 16.5. The predicted molar refractivity (Wildman–Crippen MR) is 85.9 cm³/mol. The molecule has 2 rings (SSSR count). The number of nitrogens with one attached hydrogen (secondary N) is 1. The second kappa shape index (κ2) is 7.74. The zero-order chi connectivity index (χ0) is 16.1. The quantitative estimate of drug-likeness (QED) is 0.771. The van der Waals surface area contributed by atoms with Gasteiger partial charge < -0.3 is 15.0 Å². The number of ether oxygens (including phenoxy) is 1. The van der Waals surface area contributed by atoms with Crippen molar-refractivity contribution in [2.45, 2.75) is 39.8 Å². The van der Waals surface area contributed by atoms with Crippen LogP contribution in [0, 0.1) is 5.92 Å². The monoisotopic (exact) mass is 308 g/mol. The molecule has 0 fully saturated rings. The van der Waals surface area contributed by atoms with E-state index in [9.17, 15) is 4.79 Å². The highest BCUT2D eigenvalue weighted by molar-refractivity contribution is 5.94. The van der Waals surface area contributed by atoms with E-state index in [0.29, 0.717) is 24.8 Å². The minimum atomic E-state index is -0.0908. The molecule has 6 nitrogen and oxygen atoms in total. The van der Waals surface area contributed by atoms with Gasteiger partial charge in [-0.15, -0.1) is 0 Å². The number of aryl methyl sites for hydroxylation is 1. The molecular formula is C16H28N4O2. The molecule has 0 saturated heterocycles. The van der Waals surface area contributed by atoms with E-state index in [0.717, 1.165) is 38.0 Å². The minimum absolute atomic E-state index is 0.0908. The normalized spacial score (nSPS) is 15.1. The van der Waals surface area contributed by atoms with E-state index in [1.54, 1.807) is 7.11 Å². The summed E-state index contributed by atoms with van der Waals surface area (Å²) in [5, 5.41) is 7.50. The van der Waals surface area contributed by atoms with Gasteiger partial charge in [0, 0.05) is 51.0 Å². The predicted octanol–water partition coefficient (Wildman–Crippen LogP) is 1.29. The molecule has 1 aliphatic rings.